The Kier molecular flexibility index (Phi) is 5.38. The van der Waals surface area contributed by atoms with E-state index in [4.69, 9.17) is 4.98 Å². The summed E-state index contributed by atoms with van der Waals surface area (Å²) in [5, 5.41) is 0.740. The zero-order valence-electron chi connectivity index (χ0n) is 14.7. The first-order chi connectivity index (χ1) is 13.2. The number of benzene rings is 2. The predicted molar refractivity (Wildman–Crippen MR) is 118 cm³/mol. The number of thiazole rings is 1. The van der Waals surface area contributed by atoms with Crippen molar-refractivity contribution in [2.24, 2.45) is 0 Å². The van der Waals surface area contributed by atoms with Gasteiger partial charge in [-0.25, -0.2) is 4.98 Å². The highest BCUT2D eigenvalue weighted by atomic mass is 79.9. The number of aromatic nitrogens is 1. The Balaban J connectivity index is 1.78. The van der Waals surface area contributed by atoms with Crippen molar-refractivity contribution in [3.05, 3.63) is 80.5 Å². The van der Waals surface area contributed by atoms with E-state index in [9.17, 15) is 4.79 Å². The minimum absolute atomic E-state index is 0.0216. The van der Waals surface area contributed by atoms with Gasteiger partial charge in [0, 0.05) is 0 Å². The number of amides is 1. The number of nitrogens with zero attached hydrogens (tertiary/aromatic N) is 2. The molecule has 4 aromatic rings. The number of fused-ring (bicyclic) bond motifs is 1. The summed E-state index contributed by atoms with van der Waals surface area (Å²) in [6.07, 6.45) is 0.922. The van der Waals surface area contributed by atoms with Crippen molar-refractivity contribution in [1.82, 2.24) is 4.98 Å². The van der Waals surface area contributed by atoms with Crippen molar-refractivity contribution in [2.75, 3.05) is 4.90 Å². The molecule has 0 aliphatic heterocycles. The summed E-state index contributed by atoms with van der Waals surface area (Å²) < 4.78 is 2.06. The lowest BCUT2D eigenvalue weighted by molar-refractivity contribution is 0.0989. The van der Waals surface area contributed by atoms with Crippen LogP contribution < -0.4 is 4.90 Å². The molecule has 0 atom stereocenters. The maximum Gasteiger partial charge on any atom is 0.270 e. The number of anilines is 1. The third kappa shape index (κ3) is 3.83. The van der Waals surface area contributed by atoms with Crippen LogP contribution in [0.2, 0.25) is 0 Å². The van der Waals surface area contributed by atoms with Crippen molar-refractivity contribution < 1.29 is 4.79 Å². The highest BCUT2D eigenvalue weighted by Crippen LogP contribution is 2.34. The summed E-state index contributed by atoms with van der Waals surface area (Å²) >= 11 is 6.47. The molecule has 6 heteroatoms. The summed E-state index contributed by atoms with van der Waals surface area (Å²) in [4.78, 5) is 20.6. The Labute approximate surface area is 174 Å². The molecule has 136 valence electrons. The van der Waals surface area contributed by atoms with Crippen LogP contribution in [0.15, 0.2) is 64.5 Å². The fourth-order valence-corrected chi connectivity index (χ4v) is 5.30. The van der Waals surface area contributed by atoms with Crippen molar-refractivity contribution in [3.63, 3.8) is 0 Å². The summed E-state index contributed by atoms with van der Waals surface area (Å²) in [6, 6.07) is 20.0. The van der Waals surface area contributed by atoms with E-state index in [1.165, 1.54) is 16.9 Å². The molecule has 1 amide bonds. The number of halogens is 1. The number of para-hydroxylation sites is 1. The monoisotopic (exact) mass is 456 g/mol. The minimum atomic E-state index is -0.0216. The molecular weight excluding hydrogens is 440 g/mol. The van der Waals surface area contributed by atoms with Gasteiger partial charge in [-0.15, -0.1) is 11.3 Å². The number of carbonyl (C=O) groups is 1. The Bertz CT molecular complexity index is 1090. The third-order valence-electron chi connectivity index (χ3n) is 4.32. The van der Waals surface area contributed by atoms with E-state index in [0.29, 0.717) is 11.4 Å². The van der Waals surface area contributed by atoms with Gasteiger partial charge in [0.1, 0.15) is 0 Å². The molecule has 0 unspecified atom stereocenters. The maximum atomic E-state index is 13.3. The molecule has 0 fully saturated rings. The number of hydrogen-bond acceptors (Lipinski definition) is 4. The number of thiophene rings is 1. The van der Waals surface area contributed by atoms with Gasteiger partial charge < -0.3 is 0 Å². The quantitative estimate of drug-likeness (QED) is 0.341. The molecule has 0 bridgehead atoms. The van der Waals surface area contributed by atoms with Crippen molar-refractivity contribution in [1.29, 1.82) is 0 Å². The summed E-state index contributed by atoms with van der Waals surface area (Å²) in [5.74, 6) is -0.0216. The van der Waals surface area contributed by atoms with E-state index in [2.05, 4.69) is 41.1 Å². The van der Waals surface area contributed by atoms with Gasteiger partial charge in [0.15, 0.2) is 5.13 Å². The molecule has 3 nitrogen and oxygen atoms in total. The number of rotatable bonds is 5. The van der Waals surface area contributed by atoms with Gasteiger partial charge >= 0.3 is 0 Å². The lowest BCUT2D eigenvalue weighted by Gasteiger charge is -2.19. The van der Waals surface area contributed by atoms with Crippen LogP contribution in [0.5, 0.6) is 0 Å². The van der Waals surface area contributed by atoms with Crippen LogP contribution in [-0.4, -0.2) is 10.9 Å². The molecule has 0 N–H and O–H groups in total. The lowest BCUT2D eigenvalue weighted by atomic mass is 10.1. The normalized spacial score (nSPS) is 11.0. The van der Waals surface area contributed by atoms with Crippen LogP contribution in [0.4, 0.5) is 5.13 Å². The van der Waals surface area contributed by atoms with E-state index in [-0.39, 0.29) is 5.91 Å². The summed E-state index contributed by atoms with van der Waals surface area (Å²) in [7, 11) is 0. The van der Waals surface area contributed by atoms with Crippen molar-refractivity contribution in [3.8, 4) is 0 Å². The number of aryl methyl sites for hydroxylation is 1. The molecule has 2 aromatic carbocycles. The van der Waals surface area contributed by atoms with Crippen LogP contribution in [0, 0.1) is 0 Å². The standard InChI is InChI=1S/C21H17BrN2OS2/c1-2-15-9-6-10-16-19(15)23-21(27-16)24(13-14-7-4-3-5-8-14)20(25)17-11-12-18(22)26-17/h3-12H,2,13H2,1H3. The van der Waals surface area contributed by atoms with Gasteiger partial charge in [-0.3, -0.25) is 9.69 Å². The van der Waals surface area contributed by atoms with E-state index >= 15 is 0 Å². The molecule has 0 saturated heterocycles. The molecule has 0 spiro atoms. The highest BCUT2D eigenvalue weighted by molar-refractivity contribution is 9.11. The van der Waals surface area contributed by atoms with E-state index in [0.717, 1.165) is 31.1 Å². The number of hydrogen-bond donors (Lipinski definition) is 0. The largest absolute Gasteiger partial charge is 0.279 e. The topological polar surface area (TPSA) is 33.2 Å². The lowest BCUT2D eigenvalue weighted by Crippen LogP contribution is -2.29. The average molecular weight is 457 g/mol. The van der Waals surface area contributed by atoms with Gasteiger partial charge in [0.25, 0.3) is 5.91 Å². The maximum absolute atomic E-state index is 13.3. The second kappa shape index (κ2) is 7.92. The zero-order chi connectivity index (χ0) is 18.8. The Hall–Kier alpha value is -2.02. The van der Waals surface area contributed by atoms with Crippen LogP contribution in [0.3, 0.4) is 0 Å². The SMILES string of the molecule is CCc1cccc2sc(N(Cc3ccccc3)C(=O)c3ccc(Br)s3)nc12. The van der Waals surface area contributed by atoms with Gasteiger partial charge in [0.2, 0.25) is 0 Å². The Morgan fingerprint density at radius 3 is 2.56 bits per heavy atom. The van der Waals surface area contributed by atoms with E-state index in [1.54, 1.807) is 16.2 Å². The zero-order valence-corrected chi connectivity index (χ0v) is 17.9. The first-order valence-electron chi connectivity index (χ1n) is 8.65. The Morgan fingerprint density at radius 2 is 1.85 bits per heavy atom. The third-order valence-corrected chi connectivity index (χ3v) is 6.97. The van der Waals surface area contributed by atoms with Crippen LogP contribution in [0.25, 0.3) is 10.2 Å². The Morgan fingerprint density at radius 1 is 1.04 bits per heavy atom. The second-order valence-electron chi connectivity index (χ2n) is 6.09. The van der Waals surface area contributed by atoms with Gasteiger partial charge in [-0.2, -0.15) is 0 Å². The molecule has 2 heterocycles. The van der Waals surface area contributed by atoms with Crippen LogP contribution in [0.1, 0.15) is 27.7 Å². The fourth-order valence-electron chi connectivity index (χ4n) is 2.95. The molecule has 2 aromatic heterocycles. The molecule has 27 heavy (non-hydrogen) atoms. The average Bonchev–Trinajstić information content (AvgIpc) is 3.32. The molecule has 0 aliphatic carbocycles. The van der Waals surface area contributed by atoms with Crippen LogP contribution >= 0.6 is 38.6 Å². The van der Waals surface area contributed by atoms with E-state index in [1.807, 2.05) is 42.5 Å². The predicted octanol–water partition coefficient (Wildman–Crippen LogP) is 6.53. The second-order valence-corrected chi connectivity index (χ2v) is 9.57. The minimum Gasteiger partial charge on any atom is -0.279 e. The molecule has 0 aliphatic rings. The van der Waals surface area contributed by atoms with E-state index < -0.39 is 0 Å². The molecule has 4 rings (SSSR count). The molecular formula is C21H17BrN2OS2. The smallest absolute Gasteiger partial charge is 0.270 e. The van der Waals surface area contributed by atoms with Gasteiger partial charge in [0.05, 0.1) is 25.4 Å². The summed E-state index contributed by atoms with van der Waals surface area (Å²) in [5.41, 5.74) is 3.29. The molecule has 0 radical (unpaired) electrons. The van der Waals surface area contributed by atoms with Crippen molar-refractivity contribution in [2.45, 2.75) is 19.9 Å². The van der Waals surface area contributed by atoms with Gasteiger partial charge in [-0.05, 0) is 51.7 Å². The first-order valence-corrected chi connectivity index (χ1v) is 11.1. The van der Waals surface area contributed by atoms with Crippen LogP contribution in [-0.2, 0) is 13.0 Å². The van der Waals surface area contributed by atoms with Gasteiger partial charge in [-0.1, -0.05) is 60.7 Å². The van der Waals surface area contributed by atoms with Crippen molar-refractivity contribution >= 4 is 59.9 Å². The summed E-state index contributed by atoms with van der Waals surface area (Å²) in [6.45, 7) is 2.63. The highest BCUT2D eigenvalue weighted by Gasteiger charge is 2.23. The fraction of sp³-hybridized carbons (Fsp3) is 0.143. The molecule has 0 saturated carbocycles. The number of carbonyl (C=O) groups excluding carboxylic acids is 1. The first kappa shape index (κ1) is 18.3.